The average Bonchev–Trinajstić information content (AvgIpc) is 4.01. The van der Waals surface area contributed by atoms with Gasteiger partial charge in [-0.25, -0.2) is 9.97 Å². The summed E-state index contributed by atoms with van der Waals surface area (Å²) >= 11 is 14.4. The predicted octanol–water partition coefficient (Wildman–Crippen LogP) is 7.69. The van der Waals surface area contributed by atoms with Gasteiger partial charge in [-0.15, -0.1) is 0 Å². The van der Waals surface area contributed by atoms with E-state index in [4.69, 9.17) is 42.6 Å². The van der Waals surface area contributed by atoms with Crippen molar-refractivity contribution in [2.45, 2.75) is 52.6 Å². The van der Waals surface area contributed by atoms with Crippen LogP contribution in [0.25, 0.3) is 33.6 Å². The molecule has 8 rings (SSSR count). The van der Waals surface area contributed by atoms with Gasteiger partial charge < -0.3 is 19.3 Å². The molecule has 0 saturated carbocycles. The zero-order valence-corrected chi connectivity index (χ0v) is 34.3. The molecule has 12 heteroatoms. The van der Waals surface area contributed by atoms with E-state index in [-0.39, 0.29) is 22.6 Å². The number of halogens is 2. The molecule has 2 spiro atoms. The molecule has 2 atom stereocenters. The van der Waals surface area contributed by atoms with Crippen molar-refractivity contribution in [3.63, 3.8) is 0 Å². The number of methoxy groups -OCH3 is 2. The van der Waals surface area contributed by atoms with Gasteiger partial charge in [0.1, 0.15) is 0 Å². The molecule has 2 unspecified atom stereocenters. The van der Waals surface area contributed by atoms with E-state index in [2.05, 4.69) is 21.9 Å². The van der Waals surface area contributed by atoms with Crippen LogP contribution in [0.1, 0.15) is 50.7 Å². The summed E-state index contributed by atoms with van der Waals surface area (Å²) in [6.45, 7) is 12.1. The number of hydrogen-bond acceptors (Lipinski definition) is 8. The third-order valence-corrected chi connectivity index (χ3v) is 13.5. The van der Waals surface area contributed by atoms with Gasteiger partial charge in [-0.1, -0.05) is 71.7 Å². The fourth-order valence-corrected chi connectivity index (χ4v) is 10.2. The number of rotatable bonds is 9. The minimum atomic E-state index is 0.165. The molecule has 2 amide bonds. The SMILES string of the molecule is COc1nc(-c2cccc(-c3cccc(-c4ccc(CN5CCC6(CCN(C(C)=O)C6)C5)c(OC)n4)c3Cl)c2Cl)ccc1CN1CCC2(CCN(C(C)=O)C2)C1. The van der Waals surface area contributed by atoms with Crippen molar-refractivity contribution in [2.75, 3.05) is 66.6 Å². The number of carbonyl (C=O) groups excluding carboxylic acids is 2. The lowest BCUT2D eigenvalue weighted by Crippen LogP contribution is -2.32. The minimum absolute atomic E-state index is 0.165. The Hall–Kier alpha value is -4.22. The first-order valence-electron chi connectivity index (χ1n) is 19.6. The Morgan fingerprint density at radius 2 is 0.982 bits per heavy atom. The molecular weight excluding hydrogens is 747 g/mol. The molecule has 0 radical (unpaired) electrons. The summed E-state index contributed by atoms with van der Waals surface area (Å²) in [6, 6.07) is 20.0. The van der Waals surface area contributed by atoms with Crippen LogP contribution in [-0.4, -0.2) is 108 Å². The smallest absolute Gasteiger partial charge is 0.219 e. The first-order valence-corrected chi connectivity index (χ1v) is 20.4. The van der Waals surface area contributed by atoms with Crippen LogP contribution >= 0.6 is 23.2 Å². The van der Waals surface area contributed by atoms with E-state index >= 15 is 0 Å². The van der Waals surface area contributed by atoms with Crippen LogP contribution in [0.15, 0.2) is 60.7 Å². The van der Waals surface area contributed by atoms with Gasteiger partial charge in [0.2, 0.25) is 23.6 Å². The molecule has 4 aromatic rings. The molecule has 2 aromatic heterocycles. The van der Waals surface area contributed by atoms with E-state index in [0.717, 1.165) is 125 Å². The van der Waals surface area contributed by atoms with Gasteiger partial charge in [-0.05, 0) is 50.9 Å². The van der Waals surface area contributed by atoms with Crippen molar-refractivity contribution in [3.8, 4) is 45.4 Å². The lowest BCUT2D eigenvalue weighted by molar-refractivity contribution is -0.129. The first kappa shape index (κ1) is 38.6. The second-order valence-corrected chi connectivity index (χ2v) is 17.1. The molecule has 4 aliphatic rings. The number of ether oxygens (including phenoxy) is 2. The third kappa shape index (κ3) is 7.49. The van der Waals surface area contributed by atoms with Gasteiger partial charge in [-0.2, -0.15) is 0 Å². The highest BCUT2D eigenvalue weighted by Gasteiger charge is 2.45. The molecule has 0 bridgehead atoms. The summed E-state index contributed by atoms with van der Waals surface area (Å²) in [7, 11) is 3.31. The van der Waals surface area contributed by atoms with Crippen molar-refractivity contribution < 1.29 is 19.1 Å². The van der Waals surface area contributed by atoms with Crippen molar-refractivity contribution in [3.05, 3.63) is 81.8 Å². The van der Waals surface area contributed by atoms with Crippen LogP contribution in [0.4, 0.5) is 0 Å². The summed E-state index contributed by atoms with van der Waals surface area (Å²) in [5.74, 6) is 1.48. The van der Waals surface area contributed by atoms with Gasteiger partial charge in [0, 0.05) is 110 Å². The molecule has 6 heterocycles. The Bertz CT molecular complexity index is 2010. The van der Waals surface area contributed by atoms with E-state index < -0.39 is 0 Å². The molecule has 10 nitrogen and oxygen atoms in total. The molecule has 294 valence electrons. The Labute approximate surface area is 339 Å². The highest BCUT2D eigenvalue weighted by atomic mass is 35.5. The highest BCUT2D eigenvalue weighted by molar-refractivity contribution is 6.39. The Morgan fingerprint density at radius 1 is 0.589 bits per heavy atom. The number of hydrogen-bond donors (Lipinski definition) is 0. The molecule has 4 fully saturated rings. The highest BCUT2D eigenvalue weighted by Crippen LogP contribution is 2.44. The second-order valence-electron chi connectivity index (χ2n) is 16.4. The van der Waals surface area contributed by atoms with E-state index in [9.17, 15) is 9.59 Å². The van der Waals surface area contributed by atoms with Crippen molar-refractivity contribution in [1.82, 2.24) is 29.6 Å². The molecule has 2 aromatic carbocycles. The van der Waals surface area contributed by atoms with Crippen LogP contribution < -0.4 is 9.47 Å². The van der Waals surface area contributed by atoms with E-state index in [1.165, 1.54) is 0 Å². The molecule has 4 aliphatic heterocycles. The van der Waals surface area contributed by atoms with Gasteiger partial charge in [0.25, 0.3) is 0 Å². The normalized spacial score (nSPS) is 22.5. The number of aromatic nitrogens is 2. The Kier molecular flexibility index (Phi) is 10.8. The molecule has 0 N–H and O–H groups in total. The van der Waals surface area contributed by atoms with Gasteiger partial charge in [0.05, 0.1) is 35.7 Å². The van der Waals surface area contributed by atoms with Crippen molar-refractivity contribution in [1.29, 1.82) is 0 Å². The van der Waals surface area contributed by atoms with E-state index in [1.807, 2.05) is 58.3 Å². The first-order chi connectivity index (χ1) is 27.0. The number of pyridine rings is 2. The summed E-state index contributed by atoms with van der Waals surface area (Å²) in [6.07, 6.45) is 4.30. The summed E-state index contributed by atoms with van der Waals surface area (Å²) < 4.78 is 11.7. The fraction of sp³-hybridized carbons (Fsp3) is 0.455. The minimum Gasteiger partial charge on any atom is -0.481 e. The molecule has 4 saturated heterocycles. The summed E-state index contributed by atoms with van der Waals surface area (Å²) in [5.41, 5.74) is 6.98. The number of carbonyl (C=O) groups is 2. The maximum Gasteiger partial charge on any atom is 0.219 e. The van der Waals surface area contributed by atoms with Crippen LogP contribution in [0, 0.1) is 10.8 Å². The summed E-state index contributed by atoms with van der Waals surface area (Å²) in [5, 5.41) is 1.09. The Balaban J connectivity index is 0.993. The summed E-state index contributed by atoms with van der Waals surface area (Å²) in [4.78, 5) is 42.7. The standard InChI is InChI=1S/C44H50Cl2N6O4/c1-29(53)51-21-17-43(27-51)15-19-49(25-43)23-31-11-13-37(47-41(31)55-3)35-9-5-7-33(39(35)45)34-8-6-10-36(40(34)46)38-14-12-32(42(48-38)56-4)24-50-20-16-44(26-50)18-22-52(28-44)30(2)54/h5-14H,15-28H2,1-4H3. The van der Waals surface area contributed by atoms with Gasteiger partial charge >= 0.3 is 0 Å². The second kappa shape index (κ2) is 15.6. The Morgan fingerprint density at radius 3 is 1.36 bits per heavy atom. The zero-order valence-electron chi connectivity index (χ0n) is 32.7. The van der Waals surface area contributed by atoms with Crippen LogP contribution in [0.5, 0.6) is 11.8 Å². The lowest BCUT2D eigenvalue weighted by Gasteiger charge is -2.24. The van der Waals surface area contributed by atoms with E-state index in [1.54, 1.807) is 28.1 Å². The third-order valence-electron chi connectivity index (χ3n) is 12.7. The van der Waals surface area contributed by atoms with Crippen LogP contribution in [-0.2, 0) is 22.7 Å². The lowest BCUT2D eigenvalue weighted by atomic mass is 9.86. The average molecular weight is 798 g/mol. The molecular formula is C44H50Cl2N6O4. The number of nitrogens with zero attached hydrogens (tertiary/aromatic N) is 6. The van der Waals surface area contributed by atoms with Gasteiger partial charge in [-0.3, -0.25) is 19.4 Å². The van der Waals surface area contributed by atoms with Crippen LogP contribution in [0.2, 0.25) is 10.0 Å². The van der Waals surface area contributed by atoms with Crippen LogP contribution in [0.3, 0.4) is 0 Å². The topological polar surface area (TPSA) is 91.3 Å². The van der Waals surface area contributed by atoms with E-state index in [0.29, 0.717) is 33.2 Å². The van der Waals surface area contributed by atoms with Gasteiger partial charge in [0.15, 0.2) is 0 Å². The molecule has 56 heavy (non-hydrogen) atoms. The number of amides is 2. The quantitative estimate of drug-likeness (QED) is 0.170. The largest absolute Gasteiger partial charge is 0.481 e. The van der Waals surface area contributed by atoms with Crippen molar-refractivity contribution >= 4 is 35.0 Å². The fourth-order valence-electron chi connectivity index (χ4n) is 9.59. The molecule has 0 aliphatic carbocycles. The predicted molar refractivity (Wildman–Crippen MR) is 220 cm³/mol. The van der Waals surface area contributed by atoms with Crippen molar-refractivity contribution in [2.24, 2.45) is 10.8 Å². The maximum atomic E-state index is 12.0. The zero-order chi connectivity index (χ0) is 39.2. The maximum absolute atomic E-state index is 12.0. The monoisotopic (exact) mass is 796 g/mol. The number of benzene rings is 2. The number of likely N-dealkylation sites (tertiary alicyclic amines) is 4.